The maximum atomic E-state index is 12.2. The van der Waals surface area contributed by atoms with Gasteiger partial charge < -0.3 is 24.6 Å². The molecule has 1 fully saturated rings. The van der Waals surface area contributed by atoms with Crippen LogP contribution < -0.4 is 40.0 Å². The molecule has 2 heterocycles. The van der Waals surface area contributed by atoms with Crippen molar-refractivity contribution in [3.05, 3.63) is 35.0 Å². The molecule has 0 unspecified atom stereocenters. The van der Waals surface area contributed by atoms with Crippen molar-refractivity contribution in [1.29, 1.82) is 5.26 Å². The van der Waals surface area contributed by atoms with Crippen LogP contribution in [-0.4, -0.2) is 47.2 Å². The van der Waals surface area contributed by atoms with Crippen LogP contribution >= 0.6 is 0 Å². The zero-order valence-electron chi connectivity index (χ0n) is 15.6. The zero-order valence-corrected chi connectivity index (χ0v) is 17.6. The standard InChI is InChI=1S/C18H17N3O6.Na/c1-8(22)14-13-6-11(15(17(24)25)21(13)16(14)23)9-3-4-12(10(5-9)7-19)20-18(26)27-2;/h3-5,8,13-14,22H,6H2,1-2H3,(H,20,26)(H,24,25);/q;+1/p-1/t8-,13-,14-;/m1./s1. The number of nitrogens with zero attached hydrogens (tertiary/aromatic N) is 2. The molecular weight excluding hydrogens is 377 g/mol. The number of nitriles is 1. The van der Waals surface area contributed by atoms with Crippen molar-refractivity contribution in [3.8, 4) is 6.07 Å². The second kappa shape index (κ2) is 8.32. The minimum atomic E-state index is -1.50. The molecule has 9 nitrogen and oxygen atoms in total. The number of nitrogens with one attached hydrogen (secondary N) is 1. The molecule has 1 aromatic rings. The van der Waals surface area contributed by atoms with Crippen molar-refractivity contribution in [1.82, 2.24) is 4.90 Å². The number of amides is 2. The van der Waals surface area contributed by atoms with Crippen LogP contribution in [0.25, 0.3) is 5.57 Å². The molecule has 0 aliphatic carbocycles. The zero-order chi connectivity index (χ0) is 19.9. The largest absolute Gasteiger partial charge is 1.00 e. The Morgan fingerprint density at radius 2 is 2.14 bits per heavy atom. The quantitative estimate of drug-likeness (QED) is 0.405. The Morgan fingerprint density at radius 1 is 1.46 bits per heavy atom. The van der Waals surface area contributed by atoms with Gasteiger partial charge in [0.25, 0.3) is 0 Å². The van der Waals surface area contributed by atoms with Crippen LogP contribution in [0.15, 0.2) is 23.9 Å². The van der Waals surface area contributed by atoms with Crippen LogP contribution in [0.3, 0.4) is 0 Å². The van der Waals surface area contributed by atoms with Crippen molar-refractivity contribution in [2.75, 3.05) is 12.4 Å². The molecule has 2 aliphatic rings. The molecule has 0 spiro atoms. The van der Waals surface area contributed by atoms with Gasteiger partial charge in [-0.2, -0.15) is 5.26 Å². The number of ether oxygens (including phenoxy) is 1. The van der Waals surface area contributed by atoms with Crippen LogP contribution in [0, 0.1) is 17.2 Å². The number of carboxylic acids is 1. The Labute approximate surface area is 182 Å². The van der Waals surface area contributed by atoms with Gasteiger partial charge in [-0.1, -0.05) is 6.07 Å². The van der Waals surface area contributed by atoms with Gasteiger partial charge in [0.05, 0.1) is 48.1 Å². The number of anilines is 1. The minimum Gasteiger partial charge on any atom is -0.543 e. The molecule has 0 radical (unpaired) electrons. The molecule has 2 amide bonds. The van der Waals surface area contributed by atoms with Gasteiger partial charge in [-0.25, -0.2) is 4.79 Å². The van der Waals surface area contributed by atoms with E-state index in [2.05, 4.69) is 10.1 Å². The van der Waals surface area contributed by atoms with Gasteiger partial charge >= 0.3 is 35.7 Å². The van der Waals surface area contributed by atoms with E-state index in [-0.39, 0.29) is 52.9 Å². The van der Waals surface area contributed by atoms with Crippen molar-refractivity contribution in [2.45, 2.75) is 25.5 Å². The fraction of sp³-hybridized carbons (Fsp3) is 0.333. The van der Waals surface area contributed by atoms with E-state index in [0.717, 1.165) is 4.90 Å². The van der Waals surface area contributed by atoms with Gasteiger partial charge in [0.15, 0.2) is 0 Å². The van der Waals surface area contributed by atoms with Crippen LogP contribution in [0.5, 0.6) is 0 Å². The molecular formula is C18H16N3NaO6. The Balaban J connectivity index is 0.00000280. The number of carbonyl (C=O) groups is 3. The molecule has 2 aliphatic heterocycles. The Kier molecular flexibility index (Phi) is 6.52. The summed E-state index contributed by atoms with van der Waals surface area (Å²) >= 11 is 0. The molecule has 0 bridgehead atoms. The number of rotatable bonds is 4. The predicted molar refractivity (Wildman–Crippen MR) is 89.5 cm³/mol. The molecule has 28 heavy (non-hydrogen) atoms. The molecule has 3 atom stereocenters. The SMILES string of the molecule is COC(=O)Nc1ccc(C2=C(C(=O)[O-])N3C(=O)[C@H]([C@@H](C)O)[C@H]3C2)cc1C#N.[Na+]. The van der Waals surface area contributed by atoms with Crippen molar-refractivity contribution in [2.24, 2.45) is 5.92 Å². The summed E-state index contributed by atoms with van der Waals surface area (Å²) in [6.45, 7) is 1.48. The van der Waals surface area contributed by atoms with Crippen molar-refractivity contribution >= 4 is 29.2 Å². The van der Waals surface area contributed by atoms with Crippen LogP contribution in [0.4, 0.5) is 10.5 Å². The summed E-state index contributed by atoms with van der Waals surface area (Å²) in [5, 5.41) is 33.1. The number of benzene rings is 1. The third-order valence-corrected chi connectivity index (χ3v) is 4.83. The monoisotopic (exact) mass is 393 g/mol. The normalized spacial score (nSPS) is 21.1. The van der Waals surface area contributed by atoms with Crippen LogP contribution in [0.2, 0.25) is 0 Å². The topological polar surface area (TPSA) is 143 Å². The summed E-state index contributed by atoms with van der Waals surface area (Å²) in [5.74, 6) is -2.64. The fourth-order valence-electron chi connectivity index (χ4n) is 3.61. The first-order valence-electron chi connectivity index (χ1n) is 8.15. The average molecular weight is 393 g/mol. The Bertz CT molecular complexity index is 920. The molecule has 1 aromatic carbocycles. The summed E-state index contributed by atoms with van der Waals surface area (Å²) in [7, 11) is 1.19. The fourth-order valence-corrected chi connectivity index (χ4v) is 3.61. The van der Waals surface area contributed by atoms with E-state index in [9.17, 15) is 29.9 Å². The number of methoxy groups -OCH3 is 1. The Hall–Kier alpha value is -2.38. The summed E-state index contributed by atoms with van der Waals surface area (Å²) < 4.78 is 4.49. The smallest absolute Gasteiger partial charge is 0.543 e. The predicted octanol–water partition coefficient (Wildman–Crippen LogP) is -3.19. The third kappa shape index (κ3) is 3.52. The summed E-state index contributed by atoms with van der Waals surface area (Å²) in [6, 6.07) is 5.89. The summed E-state index contributed by atoms with van der Waals surface area (Å²) in [5.41, 5.74) is 0.837. The number of carbonyl (C=O) groups excluding carboxylic acids is 3. The Morgan fingerprint density at radius 3 is 2.68 bits per heavy atom. The van der Waals surface area contributed by atoms with Gasteiger partial charge in [0, 0.05) is 0 Å². The van der Waals surface area contributed by atoms with Gasteiger partial charge in [-0.05, 0) is 36.6 Å². The number of aliphatic carboxylic acids is 1. The first-order valence-corrected chi connectivity index (χ1v) is 8.15. The molecule has 3 rings (SSSR count). The number of carboxylic acid groups (broad SMARTS) is 1. The first kappa shape index (κ1) is 21.9. The number of aliphatic hydroxyl groups is 1. The van der Waals surface area contributed by atoms with Gasteiger partial charge in [-0.15, -0.1) is 0 Å². The summed E-state index contributed by atoms with van der Waals surface area (Å²) in [6.07, 6.45) is -1.43. The molecule has 2 N–H and O–H groups in total. The van der Waals surface area contributed by atoms with E-state index in [1.165, 1.54) is 32.2 Å². The molecule has 0 saturated carbocycles. The second-order valence-corrected chi connectivity index (χ2v) is 6.35. The third-order valence-electron chi connectivity index (χ3n) is 4.83. The molecule has 10 heteroatoms. The van der Waals surface area contributed by atoms with E-state index in [0.29, 0.717) is 11.1 Å². The first-order chi connectivity index (χ1) is 12.8. The van der Waals surface area contributed by atoms with E-state index < -0.39 is 36.0 Å². The van der Waals surface area contributed by atoms with E-state index in [1.807, 2.05) is 6.07 Å². The minimum absolute atomic E-state index is 0. The number of aliphatic hydroxyl groups excluding tert-OH is 1. The maximum Gasteiger partial charge on any atom is 1.00 e. The van der Waals surface area contributed by atoms with Gasteiger partial charge in [0.1, 0.15) is 6.07 Å². The summed E-state index contributed by atoms with van der Waals surface area (Å²) in [4.78, 5) is 36.4. The van der Waals surface area contributed by atoms with E-state index in [1.54, 1.807) is 0 Å². The number of hydrogen-bond donors (Lipinski definition) is 2. The second-order valence-electron chi connectivity index (χ2n) is 6.35. The molecule has 140 valence electrons. The number of β-lactam (4-membered cyclic amide) rings is 1. The average Bonchev–Trinajstić information content (AvgIpc) is 2.96. The number of hydrogen-bond acceptors (Lipinski definition) is 7. The van der Waals surface area contributed by atoms with E-state index in [4.69, 9.17) is 0 Å². The maximum absolute atomic E-state index is 12.2. The number of fused-ring (bicyclic) bond motifs is 1. The van der Waals surface area contributed by atoms with E-state index >= 15 is 0 Å². The molecule has 1 saturated heterocycles. The van der Waals surface area contributed by atoms with Crippen molar-refractivity contribution < 1.29 is 58.9 Å². The van der Waals surface area contributed by atoms with Crippen LogP contribution in [0.1, 0.15) is 24.5 Å². The van der Waals surface area contributed by atoms with Gasteiger partial charge in [-0.3, -0.25) is 10.1 Å². The van der Waals surface area contributed by atoms with Gasteiger partial charge in [0.2, 0.25) is 5.91 Å². The van der Waals surface area contributed by atoms with Crippen molar-refractivity contribution in [3.63, 3.8) is 0 Å². The van der Waals surface area contributed by atoms with Crippen LogP contribution in [-0.2, 0) is 14.3 Å². The molecule has 0 aromatic heterocycles.